The minimum atomic E-state index is 0.402. The lowest BCUT2D eigenvalue weighted by Crippen LogP contribution is -2.40. The number of nitrogens with one attached hydrogen (secondary N) is 1. The zero-order chi connectivity index (χ0) is 12.3. The van der Waals surface area contributed by atoms with E-state index in [9.17, 15) is 0 Å². The lowest BCUT2D eigenvalue weighted by Gasteiger charge is -2.34. The summed E-state index contributed by atoms with van der Waals surface area (Å²) in [6.07, 6.45) is 8.71. The minimum absolute atomic E-state index is 0.402. The van der Waals surface area contributed by atoms with E-state index in [1.165, 1.54) is 37.8 Å². The Labute approximate surface area is 105 Å². The van der Waals surface area contributed by atoms with Gasteiger partial charge in [-0.3, -0.25) is 4.68 Å². The average molecular weight is 235 g/mol. The highest BCUT2D eigenvalue weighted by Gasteiger charge is 2.25. The molecule has 0 aromatic carbocycles. The van der Waals surface area contributed by atoms with Crippen molar-refractivity contribution in [1.82, 2.24) is 15.1 Å². The van der Waals surface area contributed by atoms with Crippen LogP contribution in [-0.2, 0) is 7.05 Å². The van der Waals surface area contributed by atoms with Crippen LogP contribution in [0, 0.1) is 5.92 Å². The van der Waals surface area contributed by atoms with Crippen LogP contribution >= 0.6 is 0 Å². The number of rotatable bonds is 4. The highest BCUT2D eigenvalue weighted by molar-refractivity contribution is 5.06. The summed E-state index contributed by atoms with van der Waals surface area (Å²) in [7, 11) is 2.02. The standard InChI is InChI=1S/C14H25N3/c1-4-12-7-5-6-8-13(12)16-11(2)14-9-10-15-17(14)3/h9-13,16H,4-8H2,1-3H3. The fourth-order valence-corrected chi connectivity index (χ4v) is 3.13. The number of hydrogen-bond acceptors (Lipinski definition) is 2. The molecule has 0 amide bonds. The second-order valence-electron chi connectivity index (χ2n) is 5.33. The Bertz CT molecular complexity index is 345. The van der Waals surface area contributed by atoms with E-state index < -0.39 is 0 Å². The minimum Gasteiger partial charge on any atom is -0.306 e. The van der Waals surface area contributed by atoms with E-state index in [0.717, 1.165) is 5.92 Å². The molecule has 0 spiro atoms. The molecule has 3 atom stereocenters. The summed E-state index contributed by atoms with van der Waals surface area (Å²) in [6, 6.07) is 3.21. The molecular weight excluding hydrogens is 210 g/mol. The third-order valence-corrected chi connectivity index (χ3v) is 4.20. The van der Waals surface area contributed by atoms with Gasteiger partial charge in [-0.25, -0.2) is 0 Å². The molecule has 17 heavy (non-hydrogen) atoms. The Kier molecular flexibility index (Phi) is 4.21. The molecule has 1 N–H and O–H groups in total. The second kappa shape index (κ2) is 5.67. The van der Waals surface area contributed by atoms with E-state index in [4.69, 9.17) is 0 Å². The summed E-state index contributed by atoms with van der Waals surface area (Å²) in [6.45, 7) is 4.57. The van der Waals surface area contributed by atoms with Crippen LogP contribution in [0.5, 0.6) is 0 Å². The van der Waals surface area contributed by atoms with Crippen LogP contribution in [0.3, 0.4) is 0 Å². The lowest BCUT2D eigenvalue weighted by molar-refractivity contribution is 0.238. The van der Waals surface area contributed by atoms with Gasteiger partial charge in [-0.2, -0.15) is 5.10 Å². The van der Waals surface area contributed by atoms with Gasteiger partial charge in [-0.05, 0) is 31.7 Å². The van der Waals surface area contributed by atoms with Gasteiger partial charge in [0, 0.05) is 25.3 Å². The number of nitrogens with zero attached hydrogens (tertiary/aromatic N) is 2. The normalized spacial score (nSPS) is 27.0. The first-order valence-electron chi connectivity index (χ1n) is 6.96. The van der Waals surface area contributed by atoms with E-state index in [1.54, 1.807) is 0 Å². The zero-order valence-electron chi connectivity index (χ0n) is 11.3. The Morgan fingerprint density at radius 2 is 2.24 bits per heavy atom. The largest absolute Gasteiger partial charge is 0.306 e. The van der Waals surface area contributed by atoms with Crippen LogP contribution in [-0.4, -0.2) is 15.8 Å². The molecule has 0 saturated heterocycles. The molecule has 0 aliphatic heterocycles. The quantitative estimate of drug-likeness (QED) is 0.869. The van der Waals surface area contributed by atoms with Gasteiger partial charge in [0.2, 0.25) is 0 Å². The van der Waals surface area contributed by atoms with E-state index >= 15 is 0 Å². The zero-order valence-corrected chi connectivity index (χ0v) is 11.3. The third-order valence-electron chi connectivity index (χ3n) is 4.20. The first kappa shape index (κ1) is 12.6. The van der Waals surface area contributed by atoms with Crippen molar-refractivity contribution in [2.75, 3.05) is 0 Å². The van der Waals surface area contributed by atoms with Crippen molar-refractivity contribution in [3.8, 4) is 0 Å². The molecule has 1 fully saturated rings. The summed E-state index contributed by atoms with van der Waals surface area (Å²) >= 11 is 0. The monoisotopic (exact) mass is 235 g/mol. The Balaban J connectivity index is 1.97. The predicted molar refractivity (Wildman–Crippen MR) is 70.8 cm³/mol. The highest BCUT2D eigenvalue weighted by Crippen LogP contribution is 2.28. The van der Waals surface area contributed by atoms with Crippen molar-refractivity contribution in [2.24, 2.45) is 13.0 Å². The number of aromatic nitrogens is 2. The molecule has 2 rings (SSSR count). The maximum atomic E-state index is 4.25. The number of aryl methyl sites for hydroxylation is 1. The Hall–Kier alpha value is -0.830. The van der Waals surface area contributed by atoms with E-state index in [-0.39, 0.29) is 0 Å². The van der Waals surface area contributed by atoms with Gasteiger partial charge in [0.05, 0.1) is 5.69 Å². The van der Waals surface area contributed by atoms with Crippen LogP contribution in [0.15, 0.2) is 12.3 Å². The molecule has 1 heterocycles. The summed E-state index contributed by atoms with van der Waals surface area (Å²) in [5.74, 6) is 0.861. The van der Waals surface area contributed by atoms with Gasteiger partial charge in [0.25, 0.3) is 0 Å². The topological polar surface area (TPSA) is 29.9 Å². The highest BCUT2D eigenvalue weighted by atomic mass is 15.3. The molecule has 0 radical (unpaired) electrons. The first-order valence-corrected chi connectivity index (χ1v) is 6.96. The smallest absolute Gasteiger partial charge is 0.0547 e. The molecule has 3 unspecified atom stereocenters. The van der Waals surface area contributed by atoms with Crippen molar-refractivity contribution in [2.45, 2.75) is 58.0 Å². The molecule has 3 heteroatoms. The van der Waals surface area contributed by atoms with Gasteiger partial charge in [-0.1, -0.05) is 26.2 Å². The van der Waals surface area contributed by atoms with Crippen LogP contribution in [0.25, 0.3) is 0 Å². The van der Waals surface area contributed by atoms with Gasteiger partial charge in [0.15, 0.2) is 0 Å². The van der Waals surface area contributed by atoms with Crippen molar-refractivity contribution in [1.29, 1.82) is 0 Å². The maximum absolute atomic E-state index is 4.25. The second-order valence-corrected chi connectivity index (χ2v) is 5.33. The van der Waals surface area contributed by atoms with Crippen molar-refractivity contribution < 1.29 is 0 Å². The van der Waals surface area contributed by atoms with E-state index in [1.807, 2.05) is 17.9 Å². The van der Waals surface area contributed by atoms with Crippen LogP contribution in [0.4, 0.5) is 0 Å². The van der Waals surface area contributed by atoms with E-state index in [0.29, 0.717) is 12.1 Å². The van der Waals surface area contributed by atoms with Crippen LogP contribution in [0.2, 0.25) is 0 Å². The first-order chi connectivity index (χ1) is 8.22. The van der Waals surface area contributed by atoms with Gasteiger partial charge in [-0.15, -0.1) is 0 Å². The fourth-order valence-electron chi connectivity index (χ4n) is 3.13. The third kappa shape index (κ3) is 2.89. The van der Waals surface area contributed by atoms with Crippen molar-refractivity contribution in [3.63, 3.8) is 0 Å². The molecule has 1 aromatic rings. The summed E-state index contributed by atoms with van der Waals surface area (Å²) < 4.78 is 1.97. The predicted octanol–water partition coefficient (Wildman–Crippen LogP) is 3.04. The Morgan fingerprint density at radius 3 is 2.88 bits per heavy atom. The molecule has 96 valence electrons. The summed E-state index contributed by atoms with van der Waals surface area (Å²) in [5, 5.41) is 8.05. The maximum Gasteiger partial charge on any atom is 0.0547 e. The van der Waals surface area contributed by atoms with Gasteiger partial charge >= 0.3 is 0 Å². The lowest BCUT2D eigenvalue weighted by atomic mass is 9.82. The van der Waals surface area contributed by atoms with Gasteiger partial charge < -0.3 is 5.32 Å². The molecule has 1 aliphatic carbocycles. The molecular formula is C14H25N3. The fraction of sp³-hybridized carbons (Fsp3) is 0.786. The summed E-state index contributed by atoms with van der Waals surface area (Å²) in [5.41, 5.74) is 1.28. The molecule has 1 saturated carbocycles. The molecule has 0 bridgehead atoms. The van der Waals surface area contributed by atoms with Gasteiger partial charge in [0.1, 0.15) is 0 Å². The molecule has 1 aromatic heterocycles. The average Bonchev–Trinajstić information content (AvgIpc) is 2.76. The molecule has 1 aliphatic rings. The van der Waals surface area contributed by atoms with Crippen LogP contribution in [0.1, 0.15) is 57.7 Å². The SMILES string of the molecule is CCC1CCCCC1NC(C)c1ccnn1C. The van der Waals surface area contributed by atoms with Crippen LogP contribution < -0.4 is 5.32 Å². The van der Waals surface area contributed by atoms with E-state index in [2.05, 4.69) is 30.3 Å². The summed E-state index contributed by atoms with van der Waals surface area (Å²) in [4.78, 5) is 0. The van der Waals surface area contributed by atoms with Crippen molar-refractivity contribution >= 4 is 0 Å². The number of hydrogen-bond donors (Lipinski definition) is 1. The Morgan fingerprint density at radius 1 is 1.47 bits per heavy atom. The molecule has 3 nitrogen and oxygen atoms in total. The van der Waals surface area contributed by atoms with Crippen molar-refractivity contribution in [3.05, 3.63) is 18.0 Å².